The van der Waals surface area contributed by atoms with Gasteiger partial charge in [0.25, 0.3) is 11.8 Å². The Morgan fingerprint density at radius 1 is 0.893 bits per heavy atom. The molecule has 144 valence electrons. The second-order valence-corrected chi connectivity index (χ2v) is 7.56. The predicted molar refractivity (Wildman–Crippen MR) is 108 cm³/mol. The van der Waals surface area contributed by atoms with Gasteiger partial charge in [-0.15, -0.1) is 0 Å². The third-order valence-electron chi connectivity index (χ3n) is 3.90. The molecule has 0 fully saturated rings. The molecule has 0 bridgehead atoms. The summed E-state index contributed by atoms with van der Waals surface area (Å²) >= 11 is 0. The van der Waals surface area contributed by atoms with Gasteiger partial charge in [-0.05, 0) is 76.2 Å². The molecule has 0 aliphatic rings. The SMILES string of the molecule is Cc1nc(-c2ccc(NC(=O)c3ccc(C(=O)NC(C)(C)C)cc3)cc2)n[nH]1. The molecule has 28 heavy (non-hydrogen) atoms. The topological polar surface area (TPSA) is 99.8 Å². The van der Waals surface area contributed by atoms with Crippen LogP contribution in [0.1, 0.15) is 47.3 Å². The molecule has 2 aromatic carbocycles. The molecular weight excluding hydrogens is 354 g/mol. The minimum Gasteiger partial charge on any atom is -0.347 e. The van der Waals surface area contributed by atoms with Crippen molar-refractivity contribution in [1.29, 1.82) is 0 Å². The second-order valence-electron chi connectivity index (χ2n) is 7.56. The molecule has 0 saturated heterocycles. The van der Waals surface area contributed by atoms with Gasteiger partial charge in [0.15, 0.2) is 5.82 Å². The first-order chi connectivity index (χ1) is 13.2. The number of hydrogen-bond acceptors (Lipinski definition) is 4. The summed E-state index contributed by atoms with van der Waals surface area (Å²) in [5.41, 5.74) is 2.19. The van der Waals surface area contributed by atoms with Crippen LogP contribution < -0.4 is 10.6 Å². The first-order valence-electron chi connectivity index (χ1n) is 8.95. The van der Waals surface area contributed by atoms with Crippen molar-refractivity contribution < 1.29 is 9.59 Å². The number of amides is 2. The van der Waals surface area contributed by atoms with Crippen molar-refractivity contribution in [3.63, 3.8) is 0 Å². The zero-order valence-electron chi connectivity index (χ0n) is 16.3. The maximum Gasteiger partial charge on any atom is 0.255 e. The van der Waals surface area contributed by atoms with Gasteiger partial charge < -0.3 is 10.6 Å². The molecule has 0 atom stereocenters. The molecule has 0 spiro atoms. The lowest BCUT2D eigenvalue weighted by Gasteiger charge is -2.20. The number of carbonyl (C=O) groups excluding carboxylic acids is 2. The number of aromatic amines is 1. The summed E-state index contributed by atoms with van der Waals surface area (Å²) in [6, 6.07) is 13.8. The van der Waals surface area contributed by atoms with Crippen LogP contribution in [-0.4, -0.2) is 32.5 Å². The highest BCUT2D eigenvalue weighted by Gasteiger charge is 2.16. The normalized spacial score (nSPS) is 11.1. The molecule has 1 aromatic heterocycles. The molecule has 7 heteroatoms. The number of benzene rings is 2. The Morgan fingerprint density at radius 3 is 1.96 bits per heavy atom. The minimum absolute atomic E-state index is 0.169. The largest absolute Gasteiger partial charge is 0.347 e. The number of aryl methyl sites for hydroxylation is 1. The van der Waals surface area contributed by atoms with Crippen LogP contribution in [-0.2, 0) is 0 Å². The first-order valence-corrected chi connectivity index (χ1v) is 8.95. The Balaban J connectivity index is 1.65. The number of carbonyl (C=O) groups is 2. The Bertz CT molecular complexity index is 983. The van der Waals surface area contributed by atoms with Crippen LogP contribution in [0.25, 0.3) is 11.4 Å². The molecule has 3 rings (SSSR count). The Morgan fingerprint density at radius 2 is 1.46 bits per heavy atom. The smallest absolute Gasteiger partial charge is 0.255 e. The molecule has 0 aliphatic heterocycles. The van der Waals surface area contributed by atoms with Crippen molar-refractivity contribution in [1.82, 2.24) is 20.5 Å². The van der Waals surface area contributed by atoms with E-state index in [1.165, 1.54) is 0 Å². The summed E-state index contributed by atoms with van der Waals surface area (Å²) in [7, 11) is 0. The Labute approximate surface area is 163 Å². The van der Waals surface area contributed by atoms with Gasteiger partial charge in [0.05, 0.1) is 0 Å². The third-order valence-corrected chi connectivity index (χ3v) is 3.90. The molecule has 0 unspecified atom stereocenters. The van der Waals surface area contributed by atoms with E-state index in [0.29, 0.717) is 22.6 Å². The number of nitrogens with one attached hydrogen (secondary N) is 3. The van der Waals surface area contributed by atoms with Crippen molar-refractivity contribution in [3.05, 3.63) is 65.5 Å². The van der Waals surface area contributed by atoms with Gasteiger partial charge in [0.1, 0.15) is 5.82 Å². The van der Waals surface area contributed by atoms with Gasteiger partial charge in [-0.1, -0.05) is 0 Å². The van der Waals surface area contributed by atoms with Crippen LogP contribution in [0.5, 0.6) is 0 Å². The van der Waals surface area contributed by atoms with Crippen molar-refractivity contribution in [2.45, 2.75) is 33.2 Å². The van der Waals surface area contributed by atoms with E-state index in [9.17, 15) is 9.59 Å². The van der Waals surface area contributed by atoms with Crippen LogP contribution in [0, 0.1) is 6.92 Å². The van der Waals surface area contributed by atoms with E-state index in [2.05, 4.69) is 25.8 Å². The molecule has 7 nitrogen and oxygen atoms in total. The molecule has 0 aliphatic carbocycles. The van der Waals surface area contributed by atoms with Crippen LogP contribution in [0.2, 0.25) is 0 Å². The molecule has 3 N–H and O–H groups in total. The lowest BCUT2D eigenvalue weighted by atomic mass is 10.1. The Kier molecular flexibility index (Phi) is 5.26. The maximum absolute atomic E-state index is 12.4. The monoisotopic (exact) mass is 377 g/mol. The van der Waals surface area contributed by atoms with Gasteiger partial charge in [-0.3, -0.25) is 14.7 Å². The number of rotatable bonds is 4. The van der Waals surface area contributed by atoms with Crippen molar-refractivity contribution in [2.75, 3.05) is 5.32 Å². The molecule has 1 heterocycles. The zero-order chi connectivity index (χ0) is 20.3. The molecule has 3 aromatic rings. The van der Waals surface area contributed by atoms with Gasteiger partial charge in [-0.2, -0.15) is 5.10 Å². The van der Waals surface area contributed by atoms with E-state index in [1.807, 2.05) is 39.8 Å². The summed E-state index contributed by atoms with van der Waals surface area (Å²) in [5.74, 6) is 0.938. The van der Waals surface area contributed by atoms with Crippen LogP contribution >= 0.6 is 0 Å². The van der Waals surface area contributed by atoms with E-state index >= 15 is 0 Å². The molecule has 0 saturated carbocycles. The van der Waals surface area contributed by atoms with E-state index in [1.54, 1.807) is 36.4 Å². The number of nitrogens with zero attached hydrogens (tertiary/aromatic N) is 2. The highest BCUT2D eigenvalue weighted by Crippen LogP contribution is 2.18. The second kappa shape index (κ2) is 7.64. The van der Waals surface area contributed by atoms with E-state index in [0.717, 1.165) is 11.4 Å². The number of aromatic nitrogens is 3. The molecule has 0 radical (unpaired) electrons. The Hall–Kier alpha value is -3.48. The fourth-order valence-corrected chi connectivity index (χ4v) is 2.56. The fourth-order valence-electron chi connectivity index (χ4n) is 2.56. The van der Waals surface area contributed by atoms with E-state index in [-0.39, 0.29) is 17.4 Å². The van der Waals surface area contributed by atoms with Crippen LogP contribution in [0.3, 0.4) is 0 Å². The lowest BCUT2D eigenvalue weighted by molar-refractivity contribution is 0.0918. The van der Waals surface area contributed by atoms with Crippen molar-refractivity contribution in [3.8, 4) is 11.4 Å². The zero-order valence-corrected chi connectivity index (χ0v) is 16.3. The standard InChI is InChI=1S/C21H23N5O2/c1-13-22-18(26-25-13)14-9-11-17(12-10-14)23-19(27)15-5-7-16(8-6-15)20(28)24-21(2,3)4/h5-12H,1-4H3,(H,23,27)(H,24,28)(H,22,25,26). The van der Waals surface area contributed by atoms with E-state index in [4.69, 9.17) is 0 Å². The summed E-state index contributed by atoms with van der Waals surface area (Å²) in [5, 5.41) is 12.6. The number of H-pyrrole nitrogens is 1. The molecule has 2 amide bonds. The maximum atomic E-state index is 12.4. The summed E-state index contributed by atoms with van der Waals surface area (Å²) < 4.78 is 0. The average Bonchev–Trinajstić information content (AvgIpc) is 3.07. The van der Waals surface area contributed by atoms with Crippen molar-refractivity contribution in [2.24, 2.45) is 0 Å². The summed E-state index contributed by atoms with van der Waals surface area (Å²) in [6.45, 7) is 7.59. The van der Waals surface area contributed by atoms with Crippen LogP contribution in [0.4, 0.5) is 5.69 Å². The highest BCUT2D eigenvalue weighted by molar-refractivity contribution is 6.05. The fraction of sp³-hybridized carbons (Fsp3) is 0.238. The number of hydrogen-bond donors (Lipinski definition) is 3. The predicted octanol–water partition coefficient (Wildman–Crippen LogP) is 3.56. The number of anilines is 1. The van der Waals surface area contributed by atoms with Gasteiger partial charge in [0, 0.05) is 27.9 Å². The van der Waals surface area contributed by atoms with Crippen molar-refractivity contribution >= 4 is 17.5 Å². The highest BCUT2D eigenvalue weighted by atomic mass is 16.2. The summed E-state index contributed by atoms with van der Waals surface area (Å²) in [6.07, 6.45) is 0. The summed E-state index contributed by atoms with van der Waals surface area (Å²) in [4.78, 5) is 28.9. The molecular formula is C21H23N5O2. The quantitative estimate of drug-likeness (QED) is 0.647. The van der Waals surface area contributed by atoms with Gasteiger partial charge in [0.2, 0.25) is 0 Å². The minimum atomic E-state index is -0.316. The van der Waals surface area contributed by atoms with E-state index < -0.39 is 0 Å². The van der Waals surface area contributed by atoms with Gasteiger partial charge >= 0.3 is 0 Å². The van der Waals surface area contributed by atoms with Crippen LogP contribution in [0.15, 0.2) is 48.5 Å². The average molecular weight is 377 g/mol. The first kappa shape index (κ1) is 19.3. The third kappa shape index (κ3) is 4.82. The van der Waals surface area contributed by atoms with Gasteiger partial charge in [-0.25, -0.2) is 4.98 Å². The lowest BCUT2D eigenvalue weighted by Crippen LogP contribution is -2.40.